The first-order valence-electron chi connectivity index (χ1n) is 8.17. The third-order valence-electron chi connectivity index (χ3n) is 3.92. The lowest BCUT2D eigenvalue weighted by Crippen LogP contribution is -2.42. The molecule has 1 amide bonds. The lowest BCUT2D eigenvalue weighted by molar-refractivity contribution is -0.130. The number of methoxy groups -OCH3 is 3. The number of hydrazone groups is 1. The molecule has 0 bridgehead atoms. The second-order valence-corrected chi connectivity index (χ2v) is 5.54. The fourth-order valence-electron chi connectivity index (χ4n) is 2.54. The van der Waals surface area contributed by atoms with Crippen LogP contribution in [0.25, 0.3) is 0 Å². The van der Waals surface area contributed by atoms with Crippen molar-refractivity contribution < 1.29 is 28.5 Å². The number of fused-ring (bicyclic) bond motifs is 1. The Kier molecular flexibility index (Phi) is 5.65. The van der Waals surface area contributed by atoms with Crippen LogP contribution in [-0.2, 0) is 4.79 Å². The van der Waals surface area contributed by atoms with Gasteiger partial charge in [-0.25, -0.2) is 5.43 Å². The van der Waals surface area contributed by atoms with Gasteiger partial charge in [-0.2, -0.15) is 5.10 Å². The van der Waals surface area contributed by atoms with Crippen LogP contribution < -0.4 is 29.1 Å². The molecule has 1 unspecified atom stereocenters. The molecule has 1 aliphatic heterocycles. The first-order valence-corrected chi connectivity index (χ1v) is 8.17. The Bertz CT molecular complexity index is 827. The summed E-state index contributed by atoms with van der Waals surface area (Å²) in [5.74, 6) is 2.28. The van der Waals surface area contributed by atoms with E-state index in [4.69, 9.17) is 23.7 Å². The molecule has 1 atom stereocenters. The van der Waals surface area contributed by atoms with E-state index < -0.39 is 12.0 Å². The molecule has 0 fully saturated rings. The van der Waals surface area contributed by atoms with E-state index in [1.807, 2.05) is 12.1 Å². The molecule has 3 rings (SSSR count). The molecule has 1 heterocycles. The minimum Gasteiger partial charge on any atom is -0.496 e. The summed E-state index contributed by atoms with van der Waals surface area (Å²) in [7, 11) is 4.59. The van der Waals surface area contributed by atoms with Crippen molar-refractivity contribution in [2.45, 2.75) is 6.10 Å². The summed E-state index contributed by atoms with van der Waals surface area (Å²) >= 11 is 0. The molecule has 0 aromatic heterocycles. The minimum atomic E-state index is -0.795. The van der Waals surface area contributed by atoms with Crippen molar-refractivity contribution in [3.8, 4) is 28.7 Å². The maximum Gasteiger partial charge on any atom is 0.284 e. The standard InChI is InChI=1S/C19H20N2O6/c1-23-12-8-16(24-2)13(17(9-12)25-3)10-20-21-19(22)18-11-26-14-6-4-5-7-15(14)27-18/h4-10,18H,11H2,1-3H3,(H,21,22). The smallest absolute Gasteiger partial charge is 0.284 e. The Morgan fingerprint density at radius 3 is 2.41 bits per heavy atom. The fraction of sp³-hybridized carbons (Fsp3) is 0.263. The van der Waals surface area contributed by atoms with E-state index in [9.17, 15) is 4.79 Å². The quantitative estimate of drug-likeness (QED) is 0.616. The SMILES string of the molecule is COc1cc(OC)c(C=NNC(=O)C2COc3ccccc3O2)c(OC)c1. The molecule has 2 aromatic carbocycles. The van der Waals surface area contributed by atoms with E-state index in [-0.39, 0.29) is 6.61 Å². The van der Waals surface area contributed by atoms with E-state index >= 15 is 0 Å². The van der Waals surface area contributed by atoms with Crippen molar-refractivity contribution in [2.75, 3.05) is 27.9 Å². The van der Waals surface area contributed by atoms with Gasteiger partial charge in [0.05, 0.1) is 33.1 Å². The molecule has 0 saturated heterocycles. The van der Waals surface area contributed by atoms with Gasteiger partial charge in [-0.3, -0.25) is 4.79 Å². The predicted molar refractivity (Wildman–Crippen MR) is 98.2 cm³/mol. The van der Waals surface area contributed by atoms with Crippen LogP contribution in [0.1, 0.15) is 5.56 Å². The van der Waals surface area contributed by atoms with Crippen LogP contribution in [0.15, 0.2) is 41.5 Å². The number of amides is 1. The number of carbonyl (C=O) groups excluding carboxylic acids is 1. The minimum absolute atomic E-state index is 0.105. The number of carbonyl (C=O) groups is 1. The molecule has 0 radical (unpaired) electrons. The third-order valence-corrected chi connectivity index (χ3v) is 3.92. The third kappa shape index (κ3) is 4.05. The van der Waals surface area contributed by atoms with Crippen LogP contribution in [0.5, 0.6) is 28.7 Å². The Labute approximate surface area is 156 Å². The zero-order valence-electron chi connectivity index (χ0n) is 15.2. The number of hydrogen-bond acceptors (Lipinski definition) is 7. The van der Waals surface area contributed by atoms with Crippen molar-refractivity contribution >= 4 is 12.1 Å². The highest BCUT2D eigenvalue weighted by Gasteiger charge is 2.27. The van der Waals surface area contributed by atoms with Crippen molar-refractivity contribution in [3.05, 3.63) is 42.0 Å². The zero-order valence-corrected chi connectivity index (χ0v) is 15.2. The van der Waals surface area contributed by atoms with Crippen LogP contribution in [0, 0.1) is 0 Å². The van der Waals surface area contributed by atoms with Crippen LogP contribution in [0.4, 0.5) is 0 Å². The monoisotopic (exact) mass is 372 g/mol. The summed E-state index contributed by atoms with van der Waals surface area (Å²) < 4.78 is 27.0. The Morgan fingerprint density at radius 1 is 1.11 bits per heavy atom. The van der Waals surface area contributed by atoms with Gasteiger partial charge in [-0.15, -0.1) is 0 Å². The maximum absolute atomic E-state index is 12.3. The first kappa shape index (κ1) is 18.4. The second-order valence-electron chi connectivity index (χ2n) is 5.54. The van der Waals surface area contributed by atoms with Gasteiger partial charge in [0, 0.05) is 12.1 Å². The molecule has 0 saturated carbocycles. The summed E-state index contributed by atoms with van der Waals surface area (Å²) in [6, 6.07) is 10.6. The summed E-state index contributed by atoms with van der Waals surface area (Å²) in [5.41, 5.74) is 3.01. The highest BCUT2D eigenvalue weighted by Crippen LogP contribution is 2.33. The van der Waals surface area contributed by atoms with Crippen LogP contribution in [0.2, 0.25) is 0 Å². The van der Waals surface area contributed by atoms with Crippen molar-refractivity contribution in [1.29, 1.82) is 0 Å². The Morgan fingerprint density at radius 2 is 1.78 bits per heavy atom. The van der Waals surface area contributed by atoms with E-state index in [1.165, 1.54) is 20.4 Å². The van der Waals surface area contributed by atoms with Crippen LogP contribution >= 0.6 is 0 Å². The fourth-order valence-corrected chi connectivity index (χ4v) is 2.54. The summed E-state index contributed by atoms with van der Waals surface area (Å²) in [5, 5.41) is 3.98. The molecule has 1 aliphatic rings. The number of hydrogen-bond donors (Lipinski definition) is 1. The molecular formula is C19H20N2O6. The summed E-state index contributed by atoms with van der Waals surface area (Å²) in [6.07, 6.45) is 0.642. The number of rotatable bonds is 6. The average molecular weight is 372 g/mol. The lowest BCUT2D eigenvalue weighted by Gasteiger charge is -2.24. The molecule has 8 nitrogen and oxygen atoms in total. The van der Waals surface area contributed by atoms with Gasteiger partial charge in [0.25, 0.3) is 5.91 Å². The first-order chi connectivity index (χ1) is 13.2. The van der Waals surface area contributed by atoms with Crippen molar-refractivity contribution in [3.63, 3.8) is 0 Å². The number of benzene rings is 2. The van der Waals surface area contributed by atoms with Crippen molar-refractivity contribution in [2.24, 2.45) is 5.10 Å². The molecule has 27 heavy (non-hydrogen) atoms. The average Bonchev–Trinajstić information content (AvgIpc) is 2.72. The van der Waals surface area contributed by atoms with Gasteiger partial charge in [0.15, 0.2) is 11.5 Å². The number of para-hydroxylation sites is 2. The molecule has 8 heteroatoms. The van der Waals surface area contributed by atoms with Crippen LogP contribution in [0.3, 0.4) is 0 Å². The van der Waals surface area contributed by atoms with E-state index in [0.29, 0.717) is 34.3 Å². The Hall–Kier alpha value is -3.42. The highest BCUT2D eigenvalue weighted by molar-refractivity contribution is 5.89. The number of ether oxygens (including phenoxy) is 5. The van der Waals surface area contributed by atoms with E-state index in [2.05, 4.69) is 10.5 Å². The van der Waals surface area contributed by atoms with Crippen LogP contribution in [-0.4, -0.2) is 46.2 Å². The van der Waals surface area contributed by atoms with Gasteiger partial charge in [0.2, 0.25) is 6.10 Å². The second kappa shape index (κ2) is 8.31. The van der Waals surface area contributed by atoms with Gasteiger partial charge < -0.3 is 23.7 Å². The Balaban J connectivity index is 1.70. The van der Waals surface area contributed by atoms with Gasteiger partial charge >= 0.3 is 0 Å². The normalized spacial score (nSPS) is 15.3. The molecule has 0 spiro atoms. The summed E-state index contributed by atoms with van der Waals surface area (Å²) in [6.45, 7) is 0.105. The lowest BCUT2D eigenvalue weighted by atomic mass is 10.2. The van der Waals surface area contributed by atoms with Crippen molar-refractivity contribution in [1.82, 2.24) is 5.43 Å². The maximum atomic E-state index is 12.3. The topological polar surface area (TPSA) is 87.6 Å². The van der Waals surface area contributed by atoms with E-state index in [1.54, 1.807) is 31.4 Å². The van der Waals surface area contributed by atoms with E-state index in [0.717, 1.165) is 0 Å². The molecule has 2 aromatic rings. The summed E-state index contributed by atoms with van der Waals surface area (Å²) in [4.78, 5) is 12.3. The number of nitrogens with zero attached hydrogens (tertiary/aromatic N) is 1. The molecular weight excluding hydrogens is 352 g/mol. The van der Waals surface area contributed by atoms with Gasteiger partial charge in [0.1, 0.15) is 23.9 Å². The highest BCUT2D eigenvalue weighted by atomic mass is 16.6. The predicted octanol–water partition coefficient (Wildman–Crippen LogP) is 2.00. The molecule has 142 valence electrons. The zero-order chi connectivity index (χ0) is 19.2. The largest absolute Gasteiger partial charge is 0.496 e. The number of nitrogens with one attached hydrogen (secondary N) is 1. The van der Waals surface area contributed by atoms with Gasteiger partial charge in [-0.05, 0) is 12.1 Å². The molecule has 0 aliphatic carbocycles. The molecule has 1 N–H and O–H groups in total. The van der Waals surface area contributed by atoms with Gasteiger partial charge in [-0.1, -0.05) is 12.1 Å².